The van der Waals surface area contributed by atoms with Crippen LogP contribution in [0.25, 0.3) is 16.8 Å². The lowest BCUT2D eigenvalue weighted by Gasteiger charge is -2.16. The van der Waals surface area contributed by atoms with Gasteiger partial charge in [-0.3, -0.25) is 14.0 Å². The van der Waals surface area contributed by atoms with Gasteiger partial charge in [-0.2, -0.15) is 13.2 Å². The lowest BCUT2D eigenvalue weighted by molar-refractivity contribution is -0.137. The van der Waals surface area contributed by atoms with Crippen molar-refractivity contribution in [2.75, 3.05) is 6.54 Å². The Labute approximate surface area is 191 Å². The van der Waals surface area contributed by atoms with E-state index in [1.54, 1.807) is 42.5 Å². The first-order valence-corrected chi connectivity index (χ1v) is 10.5. The van der Waals surface area contributed by atoms with E-state index in [4.69, 9.17) is 4.74 Å². The summed E-state index contributed by atoms with van der Waals surface area (Å²) in [6.45, 7) is 0.0742. The number of fused-ring (bicyclic) bond motifs is 2. The summed E-state index contributed by atoms with van der Waals surface area (Å²) in [5.74, 6) is -0.233. The van der Waals surface area contributed by atoms with E-state index in [0.29, 0.717) is 23.4 Å². The summed E-state index contributed by atoms with van der Waals surface area (Å²) < 4.78 is 47.9. The van der Waals surface area contributed by atoms with Crippen molar-refractivity contribution in [3.63, 3.8) is 0 Å². The number of ether oxygens (including phenoxy) is 1. The average Bonchev–Trinajstić information content (AvgIpc) is 3.26. The summed E-state index contributed by atoms with van der Waals surface area (Å²) in [4.78, 5) is 29.4. The summed E-state index contributed by atoms with van der Waals surface area (Å²) in [6, 6.07) is 15.5. The van der Waals surface area contributed by atoms with Crippen LogP contribution in [0.4, 0.5) is 13.2 Å². The van der Waals surface area contributed by atoms with Crippen molar-refractivity contribution in [1.82, 2.24) is 14.7 Å². The highest BCUT2D eigenvalue weighted by atomic mass is 19.4. The Kier molecular flexibility index (Phi) is 5.31. The molecule has 0 saturated carbocycles. The topological polar surface area (TPSA) is 72.7 Å². The zero-order valence-electron chi connectivity index (χ0n) is 17.7. The maximum atomic E-state index is 13.5. The van der Waals surface area contributed by atoms with Gasteiger partial charge in [0.05, 0.1) is 12.1 Å². The van der Waals surface area contributed by atoms with E-state index in [1.807, 2.05) is 0 Å². The second-order valence-corrected chi connectivity index (χ2v) is 7.90. The molecule has 3 heterocycles. The molecule has 1 aliphatic rings. The number of amides is 1. The molecule has 6 nitrogen and oxygen atoms in total. The number of pyridine rings is 1. The Morgan fingerprint density at radius 1 is 1.06 bits per heavy atom. The molecule has 2 aromatic carbocycles. The smallest absolute Gasteiger partial charge is 0.417 e. The first kappa shape index (κ1) is 21.7. The third-order valence-electron chi connectivity index (χ3n) is 5.70. The largest absolute Gasteiger partial charge is 0.487 e. The van der Waals surface area contributed by atoms with Crippen molar-refractivity contribution in [2.45, 2.75) is 18.7 Å². The van der Waals surface area contributed by atoms with Crippen LogP contribution >= 0.6 is 0 Å². The van der Waals surface area contributed by atoms with E-state index in [1.165, 1.54) is 28.9 Å². The number of para-hydroxylation sites is 1. The summed E-state index contributed by atoms with van der Waals surface area (Å²) in [7, 11) is 0. The van der Waals surface area contributed by atoms with Crippen LogP contribution < -0.4 is 15.6 Å². The van der Waals surface area contributed by atoms with Crippen molar-refractivity contribution in [1.29, 1.82) is 0 Å². The van der Waals surface area contributed by atoms with Gasteiger partial charge in [0.25, 0.3) is 11.5 Å². The van der Waals surface area contributed by atoms with Crippen LogP contribution in [0.3, 0.4) is 0 Å². The highest BCUT2D eigenvalue weighted by Crippen LogP contribution is 2.43. The SMILES string of the molecule is O=C(NC[C@H]1Cc2cccc(-c3ccccc3C(F)(F)F)c2O1)c1cnc2ccccn2c1=O. The van der Waals surface area contributed by atoms with Gasteiger partial charge in [-0.25, -0.2) is 4.98 Å². The molecule has 0 radical (unpaired) electrons. The first-order valence-electron chi connectivity index (χ1n) is 10.5. The molecule has 0 bridgehead atoms. The van der Waals surface area contributed by atoms with Gasteiger partial charge in [0.15, 0.2) is 0 Å². The normalized spacial score (nSPS) is 15.1. The van der Waals surface area contributed by atoms with Crippen molar-refractivity contribution < 1.29 is 22.7 Å². The Morgan fingerprint density at radius 3 is 2.65 bits per heavy atom. The molecule has 0 aliphatic carbocycles. The highest BCUT2D eigenvalue weighted by Gasteiger charge is 2.35. The number of carbonyl (C=O) groups excluding carboxylic acids is 1. The van der Waals surface area contributed by atoms with Gasteiger partial charge in [-0.15, -0.1) is 0 Å². The fourth-order valence-electron chi connectivity index (χ4n) is 4.11. The van der Waals surface area contributed by atoms with E-state index in [9.17, 15) is 22.8 Å². The summed E-state index contributed by atoms with van der Waals surface area (Å²) in [5.41, 5.74) is 0.200. The van der Waals surface area contributed by atoms with Crippen molar-refractivity contribution in [3.8, 4) is 16.9 Å². The molecule has 34 heavy (non-hydrogen) atoms. The monoisotopic (exact) mass is 465 g/mol. The van der Waals surface area contributed by atoms with E-state index in [2.05, 4.69) is 10.3 Å². The lowest BCUT2D eigenvalue weighted by atomic mass is 9.96. The predicted molar refractivity (Wildman–Crippen MR) is 119 cm³/mol. The molecule has 172 valence electrons. The third kappa shape index (κ3) is 3.89. The molecular formula is C25H18F3N3O3. The highest BCUT2D eigenvalue weighted by molar-refractivity contribution is 5.93. The van der Waals surface area contributed by atoms with E-state index in [0.717, 1.165) is 11.6 Å². The van der Waals surface area contributed by atoms with E-state index >= 15 is 0 Å². The average molecular weight is 465 g/mol. The van der Waals surface area contributed by atoms with Crippen LogP contribution in [-0.2, 0) is 12.6 Å². The molecule has 9 heteroatoms. The molecule has 5 rings (SSSR count). The van der Waals surface area contributed by atoms with Crippen molar-refractivity contribution >= 4 is 11.6 Å². The zero-order chi connectivity index (χ0) is 23.9. The van der Waals surface area contributed by atoms with Crippen LogP contribution in [0.5, 0.6) is 5.75 Å². The molecule has 2 aromatic heterocycles. The fraction of sp³-hybridized carbons (Fsp3) is 0.160. The van der Waals surface area contributed by atoms with Gasteiger partial charge in [0.2, 0.25) is 0 Å². The first-order chi connectivity index (χ1) is 16.3. The fourth-order valence-corrected chi connectivity index (χ4v) is 4.11. The van der Waals surface area contributed by atoms with Crippen LogP contribution in [0.1, 0.15) is 21.5 Å². The number of benzene rings is 2. The van der Waals surface area contributed by atoms with Gasteiger partial charge in [-0.1, -0.05) is 42.5 Å². The summed E-state index contributed by atoms with van der Waals surface area (Å²) in [5, 5.41) is 2.68. The van der Waals surface area contributed by atoms with Gasteiger partial charge in [-0.05, 0) is 29.3 Å². The second kappa shape index (κ2) is 8.33. The number of nitrogens with zero attached hydrogens (tertiary/aromatic N) is 2. The summed E-state index contributed by atoms with van der Waals surface area (Å²) >= 11 is 0. The Morgan fingerprint density at radius 2 is 1.82 bits per heavy atom. The quantitative estimate of drug-likeness (QED) is 0.492. The van der Waals surface area contributed by atoms with Crippen LogP contribution in [0.2, 0.25) is 0 Å². The third-order valence-corrected chi connectivity index (χ3v) is 5.70. The number of carbonyl (C=O) groups is 1. The minimum Gasteiger partial charge on any atom is -0.487 e. The van der Waals surface area contributed by atoms with Crippen molar-refractivity contribution in [2.24, 2.45) is 0 Å². The number of rotatable bonds is 4. The standard InChI is InChI=1S/C25H18F3N3O3/c26-25(27,28)20-9-2-1-7-17(20)18-8-5-6-15-12-16(34-22(15)18)13-30-23(32)19-14-29-21-10-3-4-11-31(21)24(19)33/h1-11,14,16H,12-13H2,(H,30,32)/t16-/m1/s1. The molecule has 4 aromatic rings. The van der Waals surface area contributed by atoms with Crippen LogP contribution in [-0.4, -0.2) is 27.9 Å². The number of alkyl halides is 3. The van der Waals surface area contributed by atoms with Gasteiger partial charge in [0.1, 0.15) is 23.1 Å². The summed E-state index contributed by atoms with van der Waals surface area (Å²) in [6.07, 6.45) is -1.84. The molecule has 1 atom stereocenters. The van der Waals surface area contributed by atoms with Gasteiger partial charge >= 0.3 is 6.18 Å². The minimum atomic E-state index is -4.51. The lowest BCUT2D eigenvalue weighted by Crippen LogP contribution is -2.37. The molecule has 0 unspecified atom stereocenters. The predicted octanol–water partition coefficient (Wildman–Crippen LogP) is 4.11. The van der Waals surface area contributed by atoms with Crippen LogP contribution in [0, 0.1) is 0 Å². The maximum Gasteiger partial charge on any atom is 0.417 e. The molecule has 0 fully saturated rings. The number of nitrogens with one attached hydrogen (secondary N) is 1. The number of aromatic nitrogens is 2. The number of halogens is 3. The molecule has 1 amide bonds. The Hall–Kier alpha value is -4.14. The van der Waals surface area contributed by atoms with Gasteiger partial charge in [0, 0.05) is 24.4 Å². The second-order valence-electron chi connectivity index (χ2n) is 7.90. The zero-order valence-corrected chi connectivity index (χ0v) is 17.7. The maximum absolute atomic E-state index is 13.5. The van der Waals surface area contributed by atoms with Crippen LogP contribution in [0.15, 0.2) is 77.9 Å². The molecule has 0 saturated heterocycles. The molecule has 1 aliphatic heterocycles. The molecular weight excluding hydrogens is 447 g/mol. The van der Waals surface area contributed by atoms with Gasteiger partial charge < -0.3 is 10.1 Å². The molecule has 0 spiro atoms. The number of hydrogen-bond donors (Lipinski definition) is 1. The Balaban J connectivity index is 1.35. The molecule has 1 N–H and O–H groups in total. The van der Waals surface area contributed by atoms with Crippen molar-refractivity contribution in [3.05, 3.63) is 100 Å². The van der Waals surface area contributed by atoms with E-state index in [-0.39, 0.29) is 17.7 Å². The minimum absolute atomic E-state index is 0.0341. The number of hydrogen-bond acceptors (Lipinski definition) is 4. The van der Waals surface area contributed by atoms with E-state index < -0.39 is 29.3 Å². The Bertz CT molecular complexity index is 1460.